The van der Waals surface area contributed by atoms with Crippen molar-refractivity contribution in [2.24, 2.45) is 0 Å². The van der Waals surface area contributed by atoms with Crippen molar-refractivity contribution in [3.63, 3.8) is 0 Å². The van der Waals surface area contributed by atoms with E-state index < -0.39 is 17.6 Å². The SMILES string of the molecule is C=CCC(O)(CC=C)C(C)NC(=O)c1nccnc1C(=O)N1CCCCC1. The minimum Gasteiger partial charge on any atom is -0.387 e. The zero-order chi connectivity index (χ0) is 19.9. The van der Waals surface area contributed by atoms with Crippen molar-refractivity contribution in [2.75, 3.05) is 13.1 Å². The van der Waals surface area contributed by atoms with E-state index in [1.165, 1.54) is 12.4 Å². The molecule has 1 unspecified atom stereocenters. The summed E-state index contributed by atoms with van der Waals surface area (Å²) < 4.78 is 0. The maximum Gasteiger partial charge on any atom is 0.274 e. The smallest absolute Gasteiger partial charge is 0.274 e. The molecule has 7 heteroatoms. The number of carbonyl (C=O) groups excluding carboxylic acids is 2. The number of nitrogens with one attached hydrogen (secondary N) is 1. The summed E-state index contributed by atoms with van der Waals surface area (Å²) in [6, 6.07) is -0.596. The lowest BCUT2D eigenvalue weighted by molar-refractivity contribution is 0.0126. The Labute approximate surface area is 160 Å². The topological polar surface area (TPSA) is 95.4 Å². The molecule has 1 aromatic rings. The zero-order valence-electron chi connectivity index (χ0n) is 15.9. The first-order valence-corrected chi connectivity index (χ1v) is 9.28. The molecule has 1 fully saturated rings. The van der Waals surface area contributed by atoms with Crippen molar-refractivity contribution < 1.29 is 14.7 Å². The van der Waals surface area contributed by atoms with Crippen molar-refractivity contribution >= 4 is 11.8 Å². The van der Waals surface area contributed by atoms with E-state index in [2.05, 4.69) is 28.4 Å². The zero-order valence-corrected chi connectivity index (χ0v) is 15.9. The lowest BCUT2D eigenvalue weighted by Gasteiger charge is -2.33. The molecule has 1 atom stereocenters. The second-order valence-electron chi connectivity index (χ2n) is 6.89. The first kappa shape index (κ1) is 20.8. The van der Waals surface area contributed by atoms with Gasteiger partial charge in [0.15, 0.2) is 11.4 Å². The number of carbonyl (C=O) groups is 2. The quantitative estimate of drug-likeness (QED) is 0.682. The number of rotatable bonds is 8. The fourth-order valence-electron chi connectivity index (χ4n) is 3.24. The standard InChI is InChI=1S/C20H28N4O3/c1-4-9-20(27,10-5-2)15(3)23-18(25)16-17(22-12-11-21-16)19(26)24-13-7-6-8-14-24/h4-5,11-12,15,27H,1-2,6-10,13-14H2,3H3,(H,23,25). The van der Waals surface area contributed by atoms with Gasteiger partial charge < -0.3 is 15.3 Å². The summed E-state index contributed by atoms with van der Waals surface area (Å²) in [6.45, 7) is 10.3. The van der Waals surface area contributed by atoms with Crippen LogP contribution in [0.25, 0.3) is 0 Å². The molecule has 2 N–H and O–H groups in total. The van der Waals surface area contributed by atoms with Crippen LogP contribution in [0.1, 0.15) is 60.0 Å². The number of likely N-dealkylation sites (tertiary alicyclic amines) is 1. The molecule has 1 aliphatic heterocycles. The molecule has 0 bridgehead atoms. The highest BCUT2D eigenvalue weighted by Gasteiger charge is 2.34. The molecule has 0 aliphatic carbocycles. The summed E-state index contributed by atoms with van der Waals surface area (Å²) in [5.41, 5.74) is -1.20. The highest BCUT2D eigenvalue weighted by molar-refractivity contribution is 6.04. The number of amides is 2. The van der Waals surface area contributed by atoms with E-state index in [1.54, 1.807) is 24.0 Å². The Bertz CT molecular complexity index is 688. The summed E-state index contributed by atoms with van der Waals surface area (Å²) in [5.74, 6) is -0.824. The molecule has 0 spiro atoms. The molecule has 0 saturated carbocycles. The summed E-state index contributed by atoms with van der Waals surface area (Å²) in [7, 11) is 0. The second kappa shape index (κ2) is 9.41. The first-order valence-electron chi connectivity index (χ1n) is 9.28. The average Bonchev–Trinajstić information content (AvgIpc) is 2.68. The van der Waals surface area contributed by atoms with E-state index >= 15 is 0 Å². The maximum atomic E-state index is 12.8. The van der Waals surface area contributed by atoms with Crippen LogP contribution in [0.5, 0.6) is 0 Å². The van der Waals surface area contributed by atoms with Crippen LogP contribution >= 0.6 is 0 Å². The number of piperidine rings is 1. The third-order valence-electron chi connectivity index (χ3n) is 4.91. The third-order valence-corrected chi connectivity index (χ3v) is 4.91. The van der Waals surface area contributed by atoms with Crippen molar-refractivity contribution in [1.82, 2.24) is 20.2 Å². The minimum absolute atomic E-state index is 0.0283. The summed E-state index contributed by atoms with van der Waals surface area (Å²) in [4.78, 5) is 35.4. The number of aromatic nitrogens is 2. The van der Waals surface area contributed by atoms with E-state index in [4.69, 9.17) is 0 Å². The van der Waals surface area contributed by atoms with E-state index in [1.807, 2.05) is 0 Å². The molecular weight excluding hydrogens is 344 g/mol. The Morgan fingerprint density at radius 3 is 2.30 bits per heavy atom. The molecule has 146 valence electrons. The van der Waals surface area contributed by atoms with Gasteiger partial charge in [0.25, 0.3) is 11.8 Å². The minimum atomic E-state index is -1.21. The Morgan fingerprint density at radius 1 is 1.19 bits per heavy atom. The van der Waals surface area contributed by atoms with Crippen LogP contribution in [0, 0.1) is 0 Å². The van der Waals surface area contributed by atoms with Crippen LogP contribution in [-0.4, -0.2) is 56.5 Å². The monoisotopic (exact) mass is 372 g/mol. The predicted molar refractivity (Wildman–Crippen MR) is 103 cm³/mol. The number of nitrogens with zero attached hydrogens (tertiary/aromatic N) is 3. The third kappa shape index (κ3) is 5.01. The van der Waals surface area contributed by atoms with Crippen LogP contribution in [0.2, 0.25) is 0 Å². The lowest BCUT2D eigenvalue weighted by Crippen LogP contribution is -2.51. The summed E-state index contributed by atoms with van der Waals surface area (Å²) in [5, 5.41) is 13.5. The molecule has 2 rings (SSSR count). The summed E-state index contributed by atoms with van der Waals surface area (Å²) in [6.07, 6.45) is 9.55. The van der Waals surface area contributed by atoms with Gasteiger partial charge in [-0.2, -0.15) is 0 Å². The molecule has 2 heterocycles. The molecule has 7 nitrogen and oxygen atoms in total. The van der Waals surface area contributed by atoms with Crippen LogP contribution in [0.4, 0.5) is 0 Å². The van der Waals surface area contributed by atoms with Crippen LogP contribution in [0.15, 0.2) is 37.7 Å². The van der Waals surface area contributed by atoms with Gasteiger partial charge in [-0.3, -0.25) is 9.59 Å². The molecule has 1 aliphatic rings. The molecule has 0 radical (unpaired) electrons. The molecule has 1 aromatic heterocycles. The Balaban J connectivity index is 2.20. The highest BCUT2D eigenvalue weighted by atomic mass is 16.3. The van der Waals surface area contributed by atoms with Crippen molar-refractivity contribution in [2.45, 2.75) is 50.7 Å². The first-order chi connectivity index (χ1) is 12.9. The Kier molecular flexibility index (Phi) is 7.24. The molecule has 2 amide bonds. The van der Waals surface area contributed by atoms with Gasteiger partial charge >= 0.3 is 0 Å². The van der Waals surface area contributed by atoms with Gasteiger partial charge in [0.2, 0.25) is 0 Å². The molecule has 27 heavy (non-hydrogen) atoms. The van der Waals surface area contributed by atoms with E-state index in [0.29, 0.717) is 25.9 Å². The average molecular weight is 372 g/mol. The van der Waals surface area contributed by atoms with Gasteiger partial charge in [-0.1, -0.05) is 12.2 Å². The highest BCUT2D eigenvalue weighted by Crippen LogP contribution is 2.22. The van der Waals surface area contributed by atoms with Gasteiger partial charge in [-0.25, -0.2) is 9.97 Å². The Hall–Kier alpha value is -2.54. The van der Waals surface area contributed by atoms with Crippen molar-refractivity contribution in [3.05, 3.63) is 49.1 Å². The fourth-order valence-corrected chi connectivity index (χ4v) is 3.24. The Morgan fingerprint density at radius 2 is 1.74 bits per heavy atom. The fraction of sp³-hybridized carbons (Fsp3) is 0.500. The lowest BCUT2D eigenvalue weighted by atomic mass is 9.88. The van der Waals surface area contributed by atoms with E-state index in [0.717, 1.165) is 19.3 Å². The van der Waals surface area contributed by atoms with Gasteiger partial charge in [0, 0.05) is 25.5 Å². The molecular formula is C20H28N4O3. The number of aliphatic hydroxyl groups is 1. The molecule has 0 aromatic carbocycles. The van der Waals surface area contributed by atoms with Crippen LogP contribution < -0.4 is 5.32 Å². The van der Waals surface area contributed by atoms with Gasteiger partial charge in [0.1, 0.15) is 0 Å². The largest absolute Gasteiger partial charge is 0.387 e. The predicted octanol–water partition coefficient (Wildman–Crippen LogP) is 2.10. The normalized spacial score (nSPS) is 15.7. The van der Waals surface area contributed by atoms with Crippen LogP contribution in [-0.2, 0) is 0 Å². The number of hydrogen-bond acceptors (Lipinski definition) is 5. The van der Waals surface area contributed by atoms with E-state index in [9.17, 15) is 14.7 Å². The van der Waals surface area contributed by atoms with E-state index in [-0.39, 0.29) is 17.3 Å². The summed E-state index contributed by atoms with van der Waals surface area (Å²) >= 11 is 0. The van der Waals surface area contributed by atoms with Crippen molar-refractivity contribution in [1.29, 1.82) is 0 Å². The van der Waals surface area contributed by atoms with Gasteiger partial charge in [-0.15, -0.1) is 13.2 Å². The maximum absolute atomic E-state index is 12.8. The van der Waals surface area contributed by atoms with Gasteiger partial charge in [-0.05, 0) is 39.0 Å². The second-order valence-corrected chi connectivity index (χ2v) is 6.89. The van der Waals surface area contributed by atoms with Gasteiger partial charge in [0.05, 0.1) is 11.6 Å². The molecule has 1 saturated heterocycles. The number of hydrogen-bond donors (Lipinski definition) is 2. The van der Waals surface area contributed by atoms with Crippen molar-refractivity contribution in [3.8, 4) is 0 Å². The van der Waals surface area contributed by atoms with Crippen LogP contribution in [0.3, 0.4) is 0 Å².